The number of anilines is 1. The number of fused-ring (bicyclic) bond motifs is 1. The van der Waals surface area contributed by atoms with Crippen LogP contribution in [0.2, 0.25) is 0 Å². The molecular weight excluding hydrogens is 372 g/mol. The molecule has 2 aliphatic heterocycles. The van der Waals surface area contributed by atoms with Gasteiger partial charge in [0.15, 0.2) is 0 Å². The fourth-order valence-electron chi connectivity index (χ4n) is 4.53. The summed E-state index contributed by atoms with van der Waals surface area (Å²) in [5.41, 5.74) is 3.11. The first kappa shape index (κ1) is 19.3. The number of carbonyl (C=O) groups is 2. The molecule has 2 aromatic rings. The molecule has 0 saturated carbocycles. The first-order chi connectivity index (χ1) is 13.9. The van der Waals surface area contributed by atoms with Crippen LogP contribution in [-0.2, 0) is 11.2 Å². The lowest BCUT2D eigenvalue weighted by atomic mass is 9.92. The molecule has 1 fully saturated rings. The third kappa shape index (κ3) is 3.43. The number of hydrogen-bond donors (Lipinski definition) is 2. The molecule has 1 aromatic heterocycles. The van der Waals surface area contributed by atoms with Crippen LogP contribution in [0.4, 0.5) is 10.5 Å². The Morgan fingerprint density at radius 2 is 1.90 bits per heavy atom. The molecule has 1 saturated heterocycles. The summed E-state index contributed by atoms with van der Waals surface area (Å²) in [5.74, 6) is 0.187. The predicted octanol–water partition coefficient (Wildman–Crippen LogP) is 3.26. The number of aromatic nitrogens is 2. The van der Waals surface area contributed by atoms with Crippen molar-refractivity contribution in [3.05, 3.63) is 30.1 Å². The number of phenols is 1. The summed E-state index contributed by atoms with van der Waals surface area (Å²) in [6.45, 7) is 4.57. The predicted molar refractivity (Wildman–Crippen MR) is 108 cm³/mol. The van der Waals surface area contributed by atoms with Crippen molar-refractivity contribution in [3.63, 3.8) is 0 Å². The van der Waals surface area contributed by atoms with Crippen molar-refractivity contribution in [3.8, 4) is 16.9 Å². The number of benzene rings is 1. The third-order valence-electron chi connectivity index (χ3n) is 6.13. The van der Waals surface area contributed by atoms with Gasteiger partial charge in [-0.25, -0.2) is 4.79 Å². The molecule has 0 aliphatic carbocycles. The zero-order chi connectivity index (χ0) is 20.7. The second-order valence-electron chi connectivity index (χ2n) is 7.95. The number of amides is 2. The van der Waals surface area contributed by atoms with Crippen molar-refractivity contribution in [2.75, 3.05) is 18.0 Å². The van der Waals surface area contributed by atoms with Crippen LogP contribution in [0.5, 0.6) is 5.75 Å². The first-order valence-electron chi connectivity index (χ1n) is 10.0. The highest BCUT2D eigenvalue weighted by molar-refractivity contribution is 5.95. The van der Waals surface area contributed by atoms with E-state index in [1.165, 1.54) is 4.90 Å². The van der Waals surface area contributed by atoms with Gasteiger partial charge in [0.2, 0.25) is 5.91 Å². The van der Waals surface area contributed by atoms with Crippen molar-refractivity contribution in [2.45, 2.75) is 51.6 Å². The lowest BCUT2D eigenvalue weighted by Crippen LogP contribution is -2.40. The quantitative estimate of drug-likeness (QED) is 0.809. The Labute approximate surface area is 169 Å². The number of piperidine rings is 1. The fraction of sp³-hybridized carbons (Fsp3) is 0.476. The molecule has 1 atom stereocenters. The van der Waals surface area contributed by atoms with Crippen molar-refractivity contribution >= 4 is 17.7 Å². The van der Waals surface area contributed by atoms with Crippen LogP contribution in [0.25, 0.3) is 11.1 Å². The smallest absolute Gasteiger partial charge is 0.407 e. The standard InChI is InChI=1S/C21H26N4O4/c1-13-3-4-18-19(25(13)14(2)26)6-5-17(20(18)27)15-11-22-24(12-15)16-7-9-23(10-8-16)21(28)29/h5-6,11-13,16,27H,3-4,7-10H2,1-2H3,(H,28,29). The molecular formula is C21H26N4O4. The highest BCUT2D eigenvalue weighted by Crippen LogP contribution is 2.42. The molecule has 29 heavy (non-hydrogen) atoms. The normalized spacial score (nSPS) is 19.9. The molecule has 0 bridgehead atoms. The van der Waals surface area contributed by atoms with Crippen molar-refractivity contribution < 1.29 is 19.8 Å². The number of rotatable bonds is 2. The topological polar surface area (TPSA) is 98.9 Å². The largest absolute Gasteiger partial charge is 0.507 e. The Hall–Kier alpha value is -3.03. The Kier molecular flexibility index (Phi) is 4.94. The van der Waals surface area contributed by atoms with Crippen LogP contribution in [0, 0.1) is 0 Å². The van der Waals surface area contributed by atoms with Crippen LogP contribution < -0.4 is 4.90 Å². The number of hydrogen-bond acceptors (Lipinski definition) is 4. The van der Waals surface area contributed by atoms with Crippen molar-refractivity contribution in [1.82, 2.24) is 14.7 Å². The SMILES string of the molecule is CC(=O)N1c2ccc(-c3cnn(C4CCN(C(=O)O)CC4)c3)c(O)c2CCC1C. The molecule has 1 unspecified atom stereocenters. The zero-order valence-corrected chi connectivity index (χ0v) is 16.7. The van der Waals surface area contributed by atoms with Crippen LogP contribution in [-0.4, -0.2) is 56.0 Å². The number of likely N-dealkylation sites (tertiary alicyclic amines) is 1. The fourth-order valence-corrected chi connectivity index (χ4v) is 4.53. The summed E-state index contributed by atoms with van der Waals surface area (Å²) in [4.78, 5) is 26.3. The lowest BCUT2D eigenvalue weighted by Gasteiger charge is -2.35. The number of carboxylic acid groups (broad SMARTS) is 1. The molecule has 2 aliphatic rings. The van der Waals surface area contributed by atoms with E-state index in [0.29, 0.717) is 18.7 Å². The van der Waals surface area contributed by atoms with Crippen LogP contribution in [0.3, 0.4) is 0 Å². The summed E-state index contributed by atoms with van der Waals surface area (Å²) < 4.78 is 1.87. The minimum absolute atomic E-state index is 0.0221. The summed E-state index contributed by atoms with van der Waals surface area (Å²) in [5, 5.41) is 24.5. The summed E-state index contributed by atoms with van der Waals surface area (Å²) in [7, 11) is 0. The van der Waals surface area contributed by atoms with E-state index in [9.17, 15) is 14.7 Å². The molecule has 2 amide bonds. The molecule has 8 heteroatoms. The Morgan fingerprint density at radius 3 is 2.55 bits per heavy atom. The number of carbonyl (C=O) groups excluding carboxylic acids is 1. The van der Waals surface area contributed by atoms with Crippen LogP contribution >= 0.6 is 0 Å². The second kappa shape index (κ2) is 7.42. The summed E-state index contributed by atoms with van der Waals surface area (Å²) in [6, 6.07) is 4.01. The number of phenolic OH excluding ortho intramolecular Hbond substituents is 1. The van der Waals surface area contributed by atoms with Crippen molar-refractivity contribution in [1.29, 1.82) is 0 Å². The van der Waals surface area contributed by atoms with Gasteiger partial charge < -0.3 is 20.0 Å². The van der Waals surface area contributed by atoms with Gasteiger partial charge in [-0.2, -0.15) is 5.10 Å². The Bertz CT molecular complexity index is 946. The highest BCUT2D eigenvalue weighted by Gasteiger charge is 2.29. The minimum Gasteiger partial charge on any atom is -0.507 e. The van der Waals surface area contributed by atoms with Crippen molar-refractivity contribution in [2.24, 2.45) is 0 Å². The zero-order valence-electron chi connectivity index (χ0n) is 16.7. The maximum atomic E-state index is 12.1. The molecule has 3 heterocycles. The molecule has 0 spiro atoms. The first-order valence-corrected chi connectivity index (χ1v) is 10.0. The van der Waals surface area contributed by atoms with Gasteiger partial charge >= 0.3 is 6.09 Å². The van der Waals surface area contributed by atoms with E-state index in [-0.39, 0.29) is 23.7 Å². The van der Waals surface area contributed by atoms with E-state index >= 15 is 0 Å². The maximum absolute atomic E-state index is 12.1. The Balaban J connectivity index is 1.59. The maximum Gasteiger partial charge on any atom is 0.407 e. The monoisotopic (exact) mass is 398 g/mol. The molecule has 4 rings (SSSR count). The van der Waals surface area contributed by atoms with E-state index < -0.39 is 6.09 Å². The van der Waals surface area contributed by atoms with Crippen LogP contribution in [0.15, 0.2) is 24.5 Å². The van der Waals surface area contributed by atoms with E-state index in [1.807, 2.05) is 29.9 Å². The Morgan fingerprint density at radius 1 is 1.17 bits per heavy atom. The van der Waals surface area contributed by atoms with E-state index in [2.05, 4.69) is 5.10 Å². The molecule has 2 N–H and O–H groups in total. The average Bonchev–Trinajstić information content (AvgIpc) is 3.17. The van der Waals surface area contributed by atoms with Gasteiger partial charge in [0.1, 0.15) is 5.75 Å². The third-order valence-corrected chi connectivity index (χ3v) is 6.13. The van der Waals surface area contributed by atoms with Gasteiger partial charge in [0.25, 0.3) is 0 Å². The molecule has 8 nitrogen and oxygen atoms in total. The summed E-state index contributed by atoms with van der Waals surface area (Å²) >= 11 is 0. The van der Waals surface area contributed by atoms with Gasteiger partial charge in [0.05, 0.1) is 17.9 Å². The summed E-state index contributed by atoms with van der Waals surface area (Å²) in [6.07, 6.45) is 5.74. The number of nitrogens with zero attached hydrogens (tertiary/aromatic N) is 4. The van der Waals surface area contributed by atoms with Gasteiger partial charge in [-0.15, -0.1) is 0 Å². The average molecular weight is 398 g/mol. The van der Waals surface area contributed by atoms with E-state index in [1.54, 1.807) is 18.0 Å². The lowest BCUT2D eigenvalue weighted by molar-refractivity contribution is -0.117. The van der Waals surface area contributed by atoms with E-state index in [4.69, 9.17) is 5.11 Å². The van der Waals surface area contributed by atoms with Gasteiger partial charge in [-0.3, -0.25) is 9.48 Å². The van der Waals surface area contributed by atoms with Gasteiger partial charge in [0, 0.05) is 48.9 Å². The van der Waals surface area contributed by atoms with Gasteiger partial charge in [-0.05, 0) is 44.7 Å². The number of aromatic hydroxyl groups is 1. The molecule has 1 aromatic carbocycles. The minimum atomic E-state index is -0.877. The highest BCUT2D eigenvalue weighted by atomic mass is 16.4. The molecule has 154 valence electrons. The second-order valence-corrected chi connectivity index (χ2v) is 7.95. The van der Waals surface area contributed by atoms with E-state index in [0.717, 1.165) is 42.5 Å². The van der Waals surface area contributed by atoms with Crippen LogP contribution in [0.1, 0.15) is 44.7 Å². The molecule has 0 radical (unpaired) electrons. The van der Waals surface area contributed by atoms with Gasteiger partial charge in [-0.1, -0.05) is 0 Å².